The molecule has 7 nitrogen and oxygen atoms in total. The molecule has 2 amide bonds. The number of hydrogen-bond acceptors (Lipinski definition) is 5. The van der Waals surface area contributed by atoms with Crippen LogP contribution >= 0.6 is 0 Å². The number of nitrogens with zero attached hydrogens (tertiary/aromatic N) is 2. The number of non-ortho nitro benzene ring substituents is 1. The Kier molecular flexibility index (Phi) is 5.47. The third-order valence-corrected chi connectivity index (χ3v) is 5.25. The third kappa shape index (κ3) is 3.96. The van der Waals surface area contributed by atoms with Gasteiger partial charge in [-0.1, -0.05) is 12.1 Å². The summed E-state index contributed by atoms with van der Waals surface area (Å²) in [5.41, 5.74) is 1.70. The van der Waals surface area contributed by atoms with E-state index in [1.54, 1.807) is 6.07 Å². The lowest BCUT2D eigenvalue weighted by Crippen LogP contribution is -2.33. The molecular weight excluding hydrogens is 432 g/mol. The third-order valence-electron chi connectivity index (χ3n) is 5.25. The van der Waals surface area contributed by atoms with E-state index in [1.807, 2.05) is 26.0 Å². The Hall–Kier alpha value is -4.40. The number of anilines is 2. The molecule has 0 radical (unpaired) electrons. The van der Waals surface area contributed by atoms with E-state index in [4.69, 9.17) is 0 Å². The molecule has 33 heavy (non-hydrogen) atoms. The molecule has 1 heterocycles. The van der Waals surface area contributed by atoms with Gasteiger partial charge in [0.2, 0.25) is 0 Å². The first kappa shape index (κ1) is 21.8. The monoisotopic (exact) mass is 449 g/mol. The van der Waals surface area contributed by atoms with Gasteiger partial charge in [0, 0.05) is 23.9 Å². The van der Waals surface area contributed by atoms with E-state index in [0.717, 1.165) is 23.3 Å². The SMILES string of the molecule is Cc1ccc(C)c(NC2=C(c3ccc([N+](=O)[O-])cc3)C(=O)N(c3ccc(F)cc3F)C2=O)c1. The number of halogens is 2. The molecule has 0 saturated carbocycles. The highest BCUT2D eigenvalue weighted by Crippen LogP contribution is 2.36. The summed E-state index contributed by atoms with van der Waals surface area (Å²) < 4.78 is 27.9. The molecule has 0 spiro atoms. The van der Waals surface area contributed by atoms with Crippen molar-refractivity contribution in [2.75, 3.05) is 10.2 Å². The summed E-state index contributed by atoms with van der Waals surface area (Å²) >= 11 is 0. The number of nitro groups is 1. The Morgan fingerprint density at radius 3 is 2.24 bits per heavy atom. The maximum Gasteiger partial charge on any atom is 0.282 e. The summed E-state index contributed by atoms with van der Waals surface area (Å²) in [5, 5.41) is 14.0. The lowest BCUT2D eigenvalue weighted by molar-refractivity contribution is -0.384. The van der Waals surface area contributed by atoms with Crippen molar-refractivity contribution in [1.29, 1.82) is 0 Å². The molecule has 0 bridgehead atoms. The number of nitro benzene ring substituents is 1. The lowest BCUT2D eigenvalue weighted by atomic mass is 10.0. The summed E-state index contributed by atoms with van der Waals surface area (Å²) in [6.45, 7) is 3.67. The number of carbonyl (C=O) groups excluding carboxylic acids is 2. The predicted molar refractivity (Wildman–Crippen MR) is 118 cm³/mol. The molecule has 1 aliphatic heterocycles. The second-order valence-electron chi connectivity index (χ2n) is 7.54. The minimum Gasteiger partial charge on any atom is -0.350 e. The van der Waals surface area contributed by atoms with E-state index in [9.17, 15) is 28.5 Å². The van der Waals surface area contributed by atoms with E-state index >= 15 is 0 Å². The van der Waals surface area contributed by atoms with E-state index in [1.165, 1.54) is 24.3 Å². The van der Waals surface area contributed by atoms with Crippen LogP contribution < -0.4 is 10.2 Å². The van der Waals surface area contributed by atoms with Crippen molar-refractivity contribution in [3.63, 3.8) is 0 Å². The molecule has 1 aliphatic rings. The number of amides is 2. The molecule has 0 fully saturated rings. The van der Waals surface area contributed by atoms with Crippen LogP contribution in [0.2, 0.25) is 0 Å². The molecule has 1 N–H and O–H groups in total. The van der Waals surface area contributed by atoms with Crippen LogP contribution in [0.1, 0.15) is 16.7 Å². The summed E-state index contributed by atoms with van der Waals surface area (Å²) in [5.74, 6) is -3.60. The molecule has 4 rings (SSSR count). The first-order valence-corrected chi connectivity index (χ1v) is 9.84. The summed E-state index contributed by atoms with van der Waals surface area (Å²) in [6, 6.07) is 13.1. The number of carbonyl (C=O) groups is 2. The number of nitrogens with one attached hydrogen (secondary N) is 1. The Balaban J connectivity index is 1.86. The van der Waals surface area contributed by atoms with Crippen molar-refractivity contribution in [2.24, 2.45) is 0 Å². The maximum atomic E-state index is 14.5. The Morgan fingerprint density at radius 1 is 0.909 bits per heavy atom. The summed E-state index contributed by atoms with van der Waals surface area (Å²) in [6.07, 6.45) is 0. The molecule has 0 saturated heterocycles. The van der Waals surface area contributed by atoms with Gasteiger partial charge in [0.1, 0.15) is 17.3 Å². The van der Waals surface area contributed by atoms with Crippen LogP contribution in [0.4, 0.5) is 25.8 Å². The fourth-order valence-electron chi connectivity index (χ4n) is 3.55. The van der Waals surface area contributed by atoms with Crippen LogP contribution in [0.25, 0.3) is 5.57 Å². The van der Waals surface area contributed by atoms with Crippen LogP contribution in [0.15, 0.2) is 66.4 Å². The largest absolute Gasteiger partial charge is 0.350 e. The molecular formula is C24H17F2N3O4. The smallest absolute Gasteiger partial charge is 0.282 e. The Morgan fingerprint density at radius 2 is 1.61 bits per heavy atom. The summed E-state index contributed by atoms with van der Waals surface area (Å²) in [7, 11) is 0. The van der Waals surface area contributed by atoms with Crippen LogP contribution in [0, 0.1) is 35.6 Å². The zero-order valence-electron chi connectivity index (χ0n) is 17.6. The molecule has 0 aromatic heterocycles. The predicted octanol–water partition coefficient (Wildman–Crippen LogP) is 4.89. The number of benzene rings is 3. The zero-order valence-corrected chi connectivity index (χ0v) is 17.6. The highest BCUT2D eigenvalue weighted by Gasteiger charge is 2.41. The number of imide groups is 1. The minimum atomic E-state index is -1.08. The topological polar surface area (TPSA) is 92.6 Å². The van der Waals surface area contributed by atoms with Gasteiger partial charge in [-0.15, -0.1) is 0 Å². The maximum absolute atomic E-state index is 14.5. The van der Waals surface area contributed by atoms with Crippen molar-refractivity contribution in [1.82, 2.24) is 0 Å². The van der Waals surface area contributed by atoms with E-state index < -0.39 is 34.1 Å². The van der Waals surface area contributed by atoms with Gasteiger partial charge in [0.05, 0.1) is 16.2 Å². The van der Waals surface area contributed by atoms with E-state index in [0.29, 0.717) is 16.7 Å². The Labute approximate surface area is 187 Å². The van der Waals surface area contributed by atoms with Crippen LogP contribution in [-0.4, -0.2) is 16.7 Å². The first-order chi connectivity index (χ1) is 15.7. The van der Waals surface area contributed by atoms with Gasteiger partial charge in [0.15, 0.2) is 0 Å². The van der Waals surface area contributed by atoms with Gasteiger partial charge >= 0.3 is 0 Å². The van der Waals surface area contributed by atoms with Crippen molar-refractivity contribution >= 4 is 34.4 Å². The molecule has 3 aromatic rings. The molecule has 9 heteroatoms. The van der Waals surface area contributed by atoms with Crippen LogP contribution in [0.5, 0.6) is 0 Å². The second kappa shape index (κ2) is 8.27. The Bertz CT molecular complexity index is 1350. The molecule has 166 valence electrons. The average molecular weight is 449 g/mol. The molecule has 3 aromatic carbocycles. The van der Waals surface area contributed by atoms with Crippen molar-refractivity contribution in [3.8, 4) is 0 Å². The summed E-state index contributed by atoms with van der Waals surface area (Å²) in [4.78, 5) is 37.7. The second-order valence-corrected chi connectivity index (χ2v) is 7.54. The van der Waals surface area contributed by atoms with Crippen molar-refractivity contribution in [2.45, 2.75) is 13.8 Å². The van der Waals surface area contributed by atoms with Crippen molar-refractivity contribution in [3.05, 3.63) is 105 Å². The average Bonchev–Trinajstić information content (AvgIpc) is 3.00. The van der Waals surface area contributed by atoms with Gasteiger partial charge in [-0.3, -0.25) is 19.7 Å². The van der Waals surface area contributed by atoms with Gasteiger partial charge in [-0.05, 0) is 60.9 Å². The number of hydrogen-bond donors (Lipinski definition) is 1. The van der Waals surface area contributed by atoms with E-state index in [2.05, 4.69) is 5.32 Å². The van der Waals surface area contributed by atoms with E-state index in [-0.39, 0.29) is 22.5 Å². The molecule has 0 aliphatic carbocycles. The number of rotatable bonds is 5. The lowest BCUT2D eigenvalue weighted by Gasteiger charge is -2.16. The highest BCUT2D eigenvalue weighted by atomic mass is 19.1. The van der Waals surface area contributed by atoms with Gasteiger partial charge in [-0.25, -0.2) is 13.7 Å². The molecule has 0 atom stereocenters. The molecule has 0 unspecified atom stereocenters. The minimum absolute atomic E-state index is 0.0838. The van der Waals surface area contributed by atoms with Gasteiger partial charge in [0.25, 0.3) is 17.5 Å². The fraction of sp³-hybridized carbons (Fsp3) is 0.0833. The van der Waals surface area contributed by atoms with Gasteiger partial charge in [-0.2, -0.15) is 0 Å². The van der Waals surface area contributed by atoms with Gasteiger partial charge < -0.3 is 5.32 Å². The fourth-order valence-corrected chi connectivity index (χ4v) is 3.55. The van der Waals surface area contributed by atoms with Crippen molar-refractivity contribution < 1.29 is 23.3 Å². The quantitative estimate of drug-likeness (QED) is 0.340. The zero-order chi connectivity index (χ0) is 23.9. The number of aryl methyl sites for hydroxylation is 2. The first-order valence-electron chi connectivity index (χ1n) is 9.84. The van der Waals surface area contributed by atoms with Crippen LogP contribution in [-0.2, 0) is 9.59 Å². The van der Waals surface area contributed by atoms with Crippen LogP contribution in [0.3, 0.4) is 0 Å². The normalized spacial score (nSPS) is 13.6. The highest BCUT2D eigenvalue weighted by molar-refractivity contribution is 6.46. The standard InChI is InChI=1S/C24H17F2N3O4/c1-13-3-4-14(2)19(11-13)27-22-21(15-5-8-17(9-6-15)29(32)33)23(30)28(24(22)31)20-10-7-16(25)12-18(20)26/h3-12,27H,1-2H3.